The van der Waals surface area contributed by atoms with Crippen molar-refractivity contribution in [1.82, 2.24) is 4.90 Å². The first-order chi connectivity index (χ1) is 6.34. The summed E-state index contributed by atoms with van der Waals surface area (Å²) in [7, 11) is 0. The number of carbonyl (C=O) groups excluding carboxylic acids is 1. The second-order valence-electron chi connectivity index (χ2n) is 3.73. The van der Waals surface area contributed by atoms with Gasteiger partial charge in [-0.25, -0.2) is 0 Å². The van der Waals surface area contributed by atoms with E-state index in [1.807, 2.05) is 13.8 Å². The fourth-order valence-corrected chi connectivity index (χ4v) is 1.09. The smallest absolute Gasteiger partial charge is 0.307 e. The molecule has 3 N–H and O–H groups in total. The molecule has 1 atom stereocenters. The molecular weight excluding hydrogens is 184 g/mol. The van der Waals surface area contributed by atoms with E-state index in [0.29, 0.717) is 6.54 Å². The first-order valence-corrected chi connectivity index (χ1v) is 4.59. The van der Waals surface area contributed by atoms with Gasteiger partial charge in [-0.3, -0.25) is 14.5 Å². The van der Waals surface area contributed by atoms with Crippen molar-refractivity contribution in [2.75, 3.05) is 13.1 Å². The maximum Gasteiger partial charge on any atom is 0.307 e. The minimum absolute atomic E-state index is 0.106. The average molecular weight is 202 g/mol. The molecule has 0 spiro atoms. The highest BCUT2D eigenvalue weighted by Crippen LogP contribution is 2.04. The van der Waals surface area contributed by atoms with Crippen LogP contribution in [0.5, 0.6) is 0 Å². The Morgan fingerprint density at radius 1 is 1.36 bits per heavy atom. The van der Waals surface area contributed by atoms with Crippen molar-refractivity contribution in [3.63, 3.8) is 0 Å². The second kappa shape index (κ2) is 5.59. The van der Waals surface area contributed by atoms with Crippen LogP contribution >= 0.6 is 0 Å². The molecule has 0 saturated heterocycles. The molecule has 82 valence electrons. The van der Waals surface area contributed by atoms with Gasteiger partial charge < -0.3 is 10.8 Å². The molecule has 0 rings (SSSR count). The van der Waals surface area contributed by atoms with Gasteiger partial charge >= 0.3 is 5.97 Å². The van der Waals surface area contributed by atoms with E-state index in [2.05, 4.69) is 0 Å². The number of carboxylic acid groups (broad SMARTS) is 1. The number of nitrogens with zero attached hydrogens (tertiary/aromatic N) is 1. The van der Waals surface area contributed by atoms with Crippen molar-refractivity contribution in [1.29, 1.82) is 0 Å². The highest BCUT2D eigenvalue weighted by Gasteiger charge is 2.19. The Morgan fingerprint density at radius 2 is 1.86 bits per heavy atom. The van der Waals surface area contributed by atoms with Crippen LogP contribution in [-0.2, 0) is 9.59 Å². The minimum atomic E-state index is -0.861. The second-order valence-corrected chi connectivity index (χ2v) is 3.73. The molecule has 0 aromatic rings. The Kier molecular flexibility index (Phi) is 5.15. The zero-order chi connectivity index (χ0) is 11.3. The monoisotopic (exact) mass is 202 g/mol. The van der Waals surface area contributed by atoms with Crippen molar-refractivity contribution in [3.05, 3.63) is 0 Å². The molecule has 0 aromatic carbocycles. The molecule has 0 fully saturated rings. The molecule has 0 bridgehead atoms. The van der Waals surface area contributed by atoms with Gasteiger partial charge in [0, 0.05) is 12.6 Å². The molecule has 0 aliphatic heterocycles. The lowest BCUT2D eigenvalue weighted by atomic mass is 10.1. The largest absolute Gasteiger partial charge is 0.481 e. The third kappa shape index (κ3) is 4.81. The van der Waals surface area contributed by atoms with Crippen LogP contribution in [-0.4, -0.2) is 41.0 Å². The van der Waals surface area contributed by atoms with Gasteiger partial charge in [-0.2, -0.15) is 0 Å². The zero-order valence-corrected chi connectivity index (χ0v) is 8.86. The van der Waals surface area contributed by atoms with Crippen LogP contribution in [0, 0.1) is 5.92 Å². The fraction of sp³-hybridized carbons (Fsp3) is 0.778. The molecule has 14 heavy (non-hydrogen) atoms. The van der Waals surface area contributed by atoms with E-state index >= 15 is 0 Å². The summed E-state index contributed by atoms with van der Waals surface area (Å²) >= 11 is 0. The Labute approximate surface area is 83.9 Å². The summed E-state index contributed by atoms with van der Waals surface area (Å²) < 4.78 is 0. The Morgan fingerprint density at radius 3 is 2.14 bits per heavy atom. The molecule has 0 saturated carbocycles. The summed E-state index contributed by atoms with van der Waals surface area (Å²) in [6.45, 7) is 5.86. The fourth-order valence-electron chi connectivity index (χ4n) is 1.09. The van der Waals surface area contributed by atoms with Gasteiger partial charge in [0.1, 0.15) is 0 Å². The number of amides is 1. The lowest BCUT2D eigenvalue weighted by Crippen LogP contribution is -2.42. The number of rotatable bonds is 6. The summed E-state index contributed by atoms with van der Waals surface area (Å²) in [6.07, 6.45) is 0. The first kappa shape index (κ1) is 12.9. The third-order valence-corrected chi connectivity index (χ3v) is 2.02. The highest BCUT2D eigenvalue weighted by atomic mass is 16.4. The predicted octanol–water partition coefficient (Wildman–Crippen LogP) is -0.0972. The van der Waals surface area contributed by atoms with Crippen LogP contribution in [0.15, 0.2) is 0 Å². The normalized spacial score (nSPS) is 13.2. The highest BCUT2D eigenvalue weighted by molar-refractivity contribution is 5.76. The Bertz CT molecular complexity index is 216. The topological polar surface area (TPSA) is 83.6 Å². The molecule has 5 heteroatoms. The maximum absolute atomic E-state index is 10.7. The van der Waals surface area contributed by atoms with Crippen LogP contribution in [0.1, 0.15) is 20.8 Å². The van der Waals surface area contributed by atoms with Crippen molar-refractivity contribution >= 4 is 11.9 Å². The number of aliphatic carboxylic acids is 1. The van der Waals surface area contributed by atoms with Crippen LogP contribution in [0.3, 0.4) is 0 Å². The number of hydrogen-bond donors (Lipinski definition) is 2. The van der Waals surface area contributed by atoms with Crippen LogP contribution in [0.2, 0.25) is 0 Å². The van der Waals surface area contributed by atoms with E-state index < -0.39 is 17.8 Å². The molecule has 0 heterocycles. The maximum atomic E-state index is 10.7. The van der Waals surface area contributed by atoms with Gasteiger partial charge in [0.15, 0.2) is 0 Å². The number of carbonyl (C=O) groups is 2. The molecule has 1 unspecified atom stereocenters. The molecule has 0 aromatic heterocycles. The first-order valence-electron chi connectivity index (χ1n) is 4.59. The predicted molar refractivity (Wildman–Crippen MR) is 52.7 cm³/mol. The van der Waals surface area contributed by atoms with E-state index in [1.165, 1.54) is 0 Å². The molecule has 1 amide bonds. The molecule has 5 nitrogen and oxygen atoms in total. The SMILES string of the molecule is CC(CN(CC(N)=O)C(C)C)C(=O)O. The summed E-state index contributed by atoms with van der Waals surface area (Å²) in [5.41, 5.74) is 5.05. The number of primary amides is 1. The van der Waals surface area contributed by atoms with Crippen molar-refractivity contribution in [3.8, 4) is 0 Å². The molecule has 0 radical (unpaired) electrons. The number of carboxylic acids is 1. The Hall–Kier alpha value is -1.10. The van der Waals surface area contributed by atoms with E-state index in [0.717, 1.165) is 0 Å². The van der Waals surface area contributed by atoms with Crippen molar-refractivity contribution in [2.45, 2.75) is 26.8 Å². The van der Waals surface area contributed by atoms with Gasteiger partial charge in [-0.05, 0) is 13.8 Å². The molecular formula is C9H18N2O3. The van der Waals surface area contributed by atoms with E-state index in [4.69, 9.17) is 10.8 Å². The van der Waals surface area contributed by atoms with Crippen LogP contribution < -0.4 is 5.73 Å². The standard InChI is InChI=1S/C9H18N2O3/c1-6(2)11(5-8(10)12)4-7(3)9(13)14/h6-7H,4-5H2,1-3H3,(H2,10,12)(H,13,14). The summed E-state index contributed by atoms with van der Waals surface area (Å²) in [6, 6.07) is 0.115. The Balaban J connectivity index is 4.22. The zero-order valence-electron chi connectivity index (χ0n) is 8.86. The number of hydrogen-bond acceptors (Lipinski definition) is 3. The van der Waals surface area contributed by atoms with Gasteiger partial charge in [0.2, 0.25) is 5.91 Å². The van der Waals surface area contributed by atoms with Crippen molar-refractivity contribution < 1.29 is 14.7 Å². The quantitative estimate of drug-likeness (QED) is 0.630. The average Bonchev–Trinajstić information content (AvgIpc) is 2.01. The van der Waals surface area contributed by atoms with Crippen molar-refractivity contribution in [2.24, 2.45) is 11.7 Å². The minimum Gasteiger partial charge on any atom is -0.481 e. The summed E-state index contributed by atoms with van der Waals surface area (Å²) in [5, 5.41) is 8.70. The summed E-state index contributed by atoms with van der Waals surface area (Å²) in [4.78, 5) is 23.1. The van der Waals surface area contributed by atoms with E-state index in [9.17, 15) is 9.59 Å². The molecule has 0 aliphatic carbocycles. The van der Waals surface area contributed by atoms with Gasteiger partial charge in [-0.15, -0.1) is 0 Å². The van der Waals surface area contributed by atoms with E-state index in [1.54, 1.807) is 11.8 Å². The number of nitrogens with two attached hydrogens (primary N) is 1. The van der Waals surface area contributed by atoms with Gasteiger partial charge in [-0.1, -0.05) is 6.92 Å². The van der Waals surface area contributed by atoms with Gasteiger partial charge in [0.05, 0.1) is 12.5 Å². The third-order valence-electron chi connectivity index (χ3n) is 2.02. The lowest BCUT2D eigenvalue weighted by Gasteiger charge is -2.26. The van der Waals surface area contributed by atoms with Gasteiger partial charge in [0.25, 0.3) is 0 Å². The van der Waals surface area contributed by atoms with E-state index in [-0.39, 0.29) is 12.6 Å². The summed E-state index contributed by atoms with van der Waals surface area (Å²) in [5.74, 6) is -1.78. The van der Waals surface area contributed by atoms with Crippen LogP contribution in [0.25, 0.3) is 0 Å². The molecule has 0 aliphatic rings. The lowest BCUT2D eigenvalue weighted by molar-refractivity contribution is -0.142. The van der Waals surface area contributed by atoms with Crippen LogP contribution in [0.4, 0.5) is 0 Å².